The van der Waals surface area contributed by atoms with E-state index in [1.54, 1.807) is 66.7 Å². The highest BCUT2D eigenvalue weighted by atomic mass is 16.4. The van der Waals surface area contributed by atoms with E-state index in [1.165, 1.54) is 12.1 Å². The number of carbonyl (C=O) groups is 3. The molecule has 0 aromatic heterocycles. The van der Waals surface area contributed by atoms with Crippen molar-refractivity contribution in [1.29, 1.82) is 0 Å². The fraction of sp³-hybridized carbons (Fsp3) is 0.0455. The van der Waals surface area contributed by atoms with Gasteiger partial charge in [-0.15, -0.1) is 0 Å². The van der Waals surface area contributed by atoms with E-state index in [0.29, 0.717) is 11.1 Å². The molecule has 0 aliphatic heterocycles. The summed E-state index contributed by atoms with van der Waals surface area (Å²) >= 11 is 0. The molecule has 0 radical (unpaired) electrons. The second-order valence-corrected chi connectivity index (χ2v) is 5.90. The van der Waals surface area contributed by atoms with E-state index < -0.39 is 17.9 Å². The van der Waals surface area contributed by atoms with Gasteiger partial charge in [0.15, 0.2) is 5.78 Å². The molecule has 27 heavy (non-hydrogen) atoms. The van der Waals surface area contributed by atoms with Crippen LogP contribution < -0.4 is 5.32 Å². The highest BCUT2D eigenvalue weighted by molar-refractivity contribution is 6.08. The average molecular weight is 359 g/mol. The maximum atomic E-state index is 13.0. The molecule has 2 N–H and O–H groups in total. The molecular formula is C22H17NO4. The zero-order chi connectivity index (χ0) is 19.2. The lowest BCUT2D eigenvalue weighted by Crippen LogP contribution is -2.34. The van der Waals surface area contributed by atoms with Crippen LogP contribution in [0.15, 0.2) is 84.9 Å². The molecule has 0 aliphatic rings. The minimum atomic E-state index is -1.20. The summed E-state index contributed by atoms with van der Waals surface area (Å²) < 4.78 is 0. The zero-order valence-electron chi connectivity index (χ0n) is 14.3. The Kier molecular flexibility index (Phi) is 5.42. The first kappa shape index (κ1) is 18.1. The Morgan fingerprint density at radius 3 is 1.81 bits per heavy atom. The quantitative estimate of drug-likeness (QED) is 0.657. The minimum absolute atomic E-state index is 0.00629. The first-order chi connectivity index (χ1) is 13.1. The van der Waals surface area contributed by atoms with E-state index in [2.05, 4.69) is 5.32 Å². The lowest BCUT2D eigenvalue weighted by molar-refractivity contribution is 0.0690. The largest absolute Gasteiger partial charge is 0.478 e. The summed E-state index contributed by atoms with van der Waals surface area (Å²) in [6.45, 7) is 0. The van der Waals surface area contributed by atoms with Crippen LogP contribution in [0.25, 0.3) is 0 Å². The SMILES string of the molecule is O=C(O)c1ccccc1C(=O)N[C@H](C(=O)c1ccccc1)c1ccccc1. The molecule has 3 aromatic carbocycles. The first-order valence-electron chi connectivity index (χ1n) is 8.35. The predicted octanol–water partition coefficient (Wildman–Crippen LogP) is 3.74. The van der Waals surface area contributed by atoms with Crippen LogP contribution >= 0.6 is 0 Å². The highest BCUT2D eigenvalue weighted by Gasteiger charge is 2.26. The molecule has 0 saturated heterocycles. The molecule has 134 valence electrons. The number of carboxylic acids is 1. The molecule has 0 bridgehead atoms. The van der Waals surface area contributed by atoms with Crippen molar-refractivity contribution in [3.63, 3.8) is 0 Å². The number of hydrogen-bond acceptors (Lipinski definition) is 3. The van der Waals surface area contributed by atoms with Crippen molar-refractivity contribution >= 4 is 17.7 Å². The Labute approximate surface area is 156 Å². The Balaban J connectivity index is 1.96. The normalized spacial score (nSPS) is 11.4. The van der Waals surface area contributed by atoms with Gasteiger partial charge < -0.3 is 10.4 Å². The predicted molar refractivity (Wildman–Crippen MR) is 101 cm³/mol. The lowest BCUT2D eigenvalue weighted by Gasteiger charge is -2.19. The van der Waals surface area contributed by atoms with Gasteiger partial charge in [0, 0.05) is 5.56 Å². The van der Waals surface area contributed by atoms with Gasteiger partial charge in [0.1, 0.15) is 6.04 Å². The van der Waals surface area contributed by atoms with Crippen LogP contribution in [0.5, 0.6) is 0 Å². The molecule has 1 amide bonds. The van der Waals surface area contributed by atoms with Crippen molar-refractivity contribution in [2.75, 3.05) is 0 Å². The summed E-state index contributed by atoms with van der Waals surface area (Å²) in [6, 6.07) is 22.5. The van der Waals surface area contributed by atoms with Gasteiger partial charge in [-0.25, -0.2) is 4.79 Å². The number of Topliss-reactive ketones (excluding diaryl/α,β-unsaturated/α-hetero) is 1. The molecule has 5 nitrogen and oxygen atoms in total. The maximum absolute atomic E-state index is 13.0. The third-order valence-corrected chi connectivity index (χ3v) is 4.13. The molecule has 3 rings (SSSR count). The number of aromatic carboxylic acids is 1. The maximum Gasteiger partial charge on any atom is 0.336 e. The fourth-order valence-electron chi connectivity index (χ4n) is 2.79. The van der Waals surface area contributed by atoms with E-state index >= 15 is 0 Å². The van der Waals surface area contributed by atoms with Gasteiger partial charge >= 0.3 is 5.97 Å². The van der Waals surface area contributed by atoms with Gasteiger partial charge in [0.2, 0.25) is 0 Å². The van der Waals surface area contributed by atoms with Gasteiger partial charge in [-0.3, -0.25) is 9.59 Å². The molecular weight excluding hydrogens is 342 g/mol. The summed E-state index contributed by atoms with van der Waals surface area (Å²) in [5, 5.41) is 12.0. The molecule has 0 fully saturated rings. The van der Waals surface area contributed by atoms with Crippen molar-refractivity contribution in [1.82, 2.24) is 5.32 Å². The average Bonchev–Trinajstić information content (AvgIpc) is 2.72. The van der Waals surface area contributed by atoms with Crippen LogP contribution in [0.4, 0.5) is 0 Å². The summed E-state index contributed by atoms with van der Waals surface area (Å²) in [7, 11) is 0. The summed E-state index contributed by atoms with van der Waals surface area (Å²) in [4.78, 5) is 37.2. The van der Waals surface area contributed by atoms with Gasteiger partial charge in [-0.05, 0) is 17.7 Å². The van der Waals surface area contributed by atoms with Gasteiger partial charge in [-0.2, -0.15) is 0 Å². The van der Waals surface area contributed by atoms with Crippen molar-refractivity contribution in [3.05, 3.63) is 107 Å². The van der Waals surface area contributed by atoms with Crippen LogP contribution in [-0.2, 0) is 0 Å². The second kappa shape index (κ2) is 8.10. The van der Waals surface area contributed by atoms with Crippen molar-refractivity contribution in [2.24, 2.45) is 0 Å². The van der Waals surface area contributed by atoms with Crippen molar-refractivity contribution in [2.45, 2.75) is 6.04 Å². The minimum Gasteiger partial charge on any atom is -0.478 e. The number of carboxylic acid groups (broad SMARTS) is 1. The van der Waals surface area contributed by atoms with E-state index in [1.807, 2.05) is 6.07 Å². The fourth-order valence-corrected chi connectivity index (χ4v) is 2.79. The topological polar surface area (TPSA) is 83.5 Å². The Hall–Kier alpha value is -3.73. The number of ketones is 1. The van der Waals surface area contributed by atoms with E-state index in [4.69, 9.17) is 0 Å². The second-order valence-electron chi connectivity index (χ2n) is 5.90. The van der Waals surface area contributed by atoms with Crippen LogP contribution in [0.3, 0.4) is 0 Å². The molecule has 0 spiro atoms. The number of carbonyl (C=O) groups excluding carboxylic acids is 2. The van der Waals surface area contributed by atoms with Crippen LogP contribution in [-0.4, -0.2) is 22.8 Å². The van der Waals surface area contributed by atoms with Gasteiger partial charge in [-0.1, -0.05) is 72.8 Å². The van der Waals surface area contributed by atoms with E-state index in [-0.39, 0.29) is 16.9 Å². The van der Waals surface area contributed by atoms with Crippen LogP contribution in [0.2, 0.25) is 0 Å². The Morgan fingerprint density at radius 2 is 1.22 bits per heavy atom. The highest BCUT2D eigenvalue weighted by Crippen LogP contribution is 2.20. The first-order valence-corrected chi connectivity index (χ1v) is 8.35. The summed E-state index contributed by atoms with van der Waals surface area (Å²) in [5.74, 6) is -2.10. The van der Waals surface area contributed by atoms with E-state index in [0.717, 1.165) is 0 Å². The monoisotopic (exact) mass is 359 g/mol. The smallest absolute Gasteiger partial charge is 0.336 e. The molecule has 0 saturated carbocycles. The lowest BCUT2D eigenvalue weighted by atomic mass is 9.96. The van der Waals surface area contributed by atoms with Crippen molar-refractivity contribution < 1.29 is 19.5 Å². The number of hydrogen-bond donors (Lipinski definition) is 2. The van der Waals surface area contributed by atoms with Crippen LogP contribution in [0.1, 0.15) is 42.7 Å². The molecule has 1 atom stereocenters. The van der Waals surface area contributed by atoms with Gasteiger partial charge in [0.25, 0.3) is 5.91 Å². The van der Waals surface area contributed by atoms with E-state index in [9.17, 15) is 19.5 Å². The standard InChI is InChI=1S/C22H17NO4/c24-20(16-11-5-2-6-12-16)19(15-9-3-1-4-10-15)23-21(25)17-13-7-8-14-18(17)22(26)27/h1-14,19H,(H,23,25)(H,26,27)/t19-/m0/s1. The molecule has 0 unspecified atom stereocenters. The molecule has 3 aromatic rings. The zero-order valence-corrected chi connectivity index (χ0v) is 14.3. The van der Waals surface area contributed by atoms with Crippen molar-refractivity contribution in [3.8, 4) is 0 Å². The molecule has 0 heterocycles. The third-order valence-electron chi connectivity index (χ3n) is 4.13. The summed E-state index contributed by atoms with van der Waals surface area (Å²) in [5.41, 5.74) is 0.964. The molecule has 5 heteroatoms. The van der Waals surface area contributed by atoms with Crippen LogP contribution in [0, 0.1) is 0 Å². The third kappa shape index (κ3) is 4.10. The number of nitrogens with one attached hydrogen (secondary N) is 1. The molecule has 0 aliphatic carbocycles. The number of amides is 1. The Morgan fingerprint density at radius 1 is 0.704 bits per heavy atom. The number of rotatable bonds is 6. The number of benzene rings is 3. The van der Waals surface area contributed by atoms with Gasteiger partial charge in [0.05, 0.1) is 11.1 Å². The summed E-state index contributed by atoms with van der Waals surface area (Å²) in [6.07, 6.45) is 0. The Bertz CT molecular complexity index is 968.